The summed E-state index contributed by atoms with van der Waals surface area (Å²) in [5.74, 6) is -0.201. The molecule has 0 saturated carbocycles. The van der Waals surface area contributed by atoms with Crippen LogP contribution in [0.2, 0.25) is 0 Å². The maximum Gasteiger partial charge on any atom is 0.302 e. The number of likely N-dealkylation sites (N-methyl/N-ethyl adjacent to an activating group) is 1. The second kappa shape index (κ2) is 7.63. The van der Waals surface area contributed by atoms with Gasteiger partial charge in [0.05, 0.1) is 48.8 Å². The van der Waals surface area contributed by atoms with E-state index in [-0.39, 0.29) is 5.97 Å². The lowest BCUT2D eigenvalue weighted by molar-refractivity contribution is -0.870. The lowest BCUT2D eigenvalue weighted by Gasteiger charge is -2.23. The maximum absolute atomic E-state index is 10.3. The van der Waals surface area contributed by atoms with E-state index in [0.717, 1.165) is 15.5 Å². The van der Waals surface area contributed by atoms with Gasteiger partial charge in [-0.3, -0.25) is 4.79 Å². The average molecular weight is 234 g/mol. The first-order valence-corrected chi connectivity index (χ1v) is 5.72. The standard InChI is InChI=1S/C7H16NO2.C5H14N/c1-7(9)10-6-5-8(2,3)4;1-5-6(2,3)4/h5-6H2,1-4H3;5H2,1-4H3/q2*+1. The summed E-state index contributed by atoms with van der Waals surface area (Å²) in [4.78, 5) is 10.3. The van der Waals surface area contributed by atoms with Crippen LogP contribution in [0.4, 0.5) is 0 Å². The number of ether oxygens (including phenoxy) is 1. The van der Waals surface area contributed by atoms with Crippen LogP contribution in [0.3, 0.4) is 0 Å². The van der Waals surface area contributed by atoms with Gasteiger partial charge in [-0.25, -0.2) is 0 Å². The normalized spacial score (nSPS) is 11.5. The minimum absolute atomic E-state index is 0.201. The highest BCUT2D eigenvalue weighted by atomic mass is 16.5. The maximum atomic E-state index is 10.3. The molecule has 0 atom stereocenters. The van der Waals surface area contributed by atoms with Gasteiger partial charge < -0.3 is 13.7 Å². The van der Waals surface area contributed by atoms with Gasteiger partial charge in [-0.05, 0) is 6.92 Å². The first-order valence-electron chi connectivity index (χ1n) is 5.72. The van der Waals surface area contributed by atoms with Crippen LogP contribution < -0.4 is 0 Å². The molecule has 0 aromatic heterocycles. The van der Waals surface area contributed by atoms with Crippen molar-refractivity contribution in [3.8, 4) is 0 Å². The Kier molecular flexibility index (Phi) is 8.47. The molecule has 0 rings (SSSR count). The van der Waals surface area contributed by atoms with Gasteiger partial charge in [-0.15, -0.1) is 0 Å². The molecule has 0 aliphatic rings. The molecule has 0 saturated heterocycles. The van der Waals surface area contributed by atoms with Crippen molar-refractivity contribution in [2.24, 2.45) is 0 Å². The number of hydrogen-bond donors (Lipinski definition) is 0. The summed E-state index contributed by atoms with van der Waals surface area (Å²) in [5, 5.41) is 0. The topological polar surface area (TPSA) is 26.3 Å². The van der Waals surface area contributed by atoms with Crippen molar-refractivity contribution in [1.82, 2.24) is 0 Å². The monoisotopic (exact) mass is 234 g/mol. The fraction of sp³-hybridized carbons (Fsp3) is 0.917. The van der Waals surface area contributed by atoms with Gasteiger partial charge in [0.25, 0.3) is 0 Å². The molecule has 0 radical (unpaired) electrons. The SMILES string of the molecule is CC(=O)OCC[N+](C)(C)C.CC[N+](C)(C)C. The van der Waals surface area contributed by atoms with Crippen molar-refractivity contribution < 1.29 is 18.5 Å². The van der Waals surface area contributed by atoms with Crippen molar-refractivity contribution in [2.45, 2.75) is 13.8 Å². The molecule has 0 aliphatic carbocycles. The summed E-state index contributed by atoms with van der Waals surface area (Å²) >= 11 is 0. The van der Waals surface area contributed by atoms with Crippen molar-refractivity contribution in [3.05, 3.63) is 0 Å². The number of nitrogens with zero attached hydrogens (tertiary/aromatic N) is 2. The average Bonchev–Trinajstić information content (AvgIpc) is 2.00. The van der Waals surface area contributed by atoms with Crippen LogP contribution >= 0.6 is 0 Å². The Morgan fingerprint density at radius 2 is 1.38 bits per heavy atom. The molecule has 0 aromatic rings. The van der Waals surface area contributed by atoms with E-state index >= 15 is 0 Å². The third-order valence-corrected chi connectivity index (χ3v) is 2.02. The zero-order valence-corrected chi connectivity index (χ0v) is 12.3. The third kappa shape index (κ3) is 23.3. The lowest BCUT2D eigenvalue weighted by Crippen LogP contribution is -2.37. The summed E-state index contributed by atoms with van der Waals surface area (Å²) in [6.45, 7) is 6.19. The number of carbonyl (C=O) groups is 1. The zero-order chi connectivity index (χ0) is 13.4. The third-order valence-electron chi connectivity index (χ3n) is 2.02. The molecule has 0 aliphatic heterocycles. The molecule has 0 unspecified atom stereocenters. The van der Waals surface area contributed by atoms with Crippen molar-refractivity contribution in [3.63, 3.8) is 0 Å². The largest absolute Gasteiger partial charge is 0.460 e. The van der Waals surface area contributed by atoms with E-state index in [4.69, 9.17) is 4.74 Å². The Labute approximate surface area is 101 Å². The highest BCUT2D eigenvalue weighted by Gasteiger charge is 2.06. The Bertz CT molecular complexity index is 190. The second-order valence-corrected chi connectivity index (χ2v) is 5.96. The molecule has 4 nitrogen and oxygen atoms in total. The van der Waals surface area contributed by atoms with E-state index in [0.29, 0.717) is 6.61 Å². The molecule has 0 amide bonds. The molecule has 0 bridgehead atoms. The van der Waals surface area contributed by atoms with Gasteiger partial charge in [-0.1, -0.05) is 0 Å². The Morgan fingerprint density at radius 3 is 1.56 bits per heavy atom. The highest BCUT2D eigenvalue weighted by Crippen LogP contribution is 1.89. The van der Waals surface area contributed by atoms with Gasteiger partial charge in [0.15, 0.2) is 0 Å². The molecule has 0 heterocycles. The van der Waals surface area contributed by atoms with Crippen molar-refractivity contribution in [1.29, 1.82) is 0 Å². The number of rotatable bonds is 4. The van der Waals surface area contributed by atoms with Crippen LogP contribution in [-0.2, 0) is 9.53 Å². The molecule has 0 spiro atoms. The summed E-state index contributed by atoms with van der Waals surface area (Å²) in [7, 11) is 12.7. The van der Waals surface area contributed by atoms with E-state index in [2.05, 4.69) is 49.2 Å². The molecule has 0 fully saturated rings. The first-order chi connectivity index (χ1) is 6.98. The molecular formula is C12H30N2O2+2. The Hall–Kier alpha value is -0.610. The predicted molar refractivity (Wildman–Crippen MR) is 68.1 cm³/mol. The Balaban J connectivity index is 0. The van der Waals surface area contributed by atoms with Gasteiger partial charge in [0, 0.05) is 6.92 Å². The molecule has 0 N–H and O–H groups in total. The fourth-order valence-electron chi connectivity index (χ4n) is 0.463. The van der Waals surface area contributed by atoms with Crippen molar-refractivity contribution >= 4 is 5.97 Å². The van der Waals surface area contributed by atoms with Crippen LogP contribution in [0.1, 0.15) is 13.8 Å². The first kappa shape index (κ1) is 17.8. The molecular weight excluding hydrogens is 204 g/mol. The van der Waals surface area contributed by atoms with E-state index in [1.165, 1.54) is 13.5 Å². The van der Waals surface area contributed by atoms with E-state index < -0.39 is 0 Å². The quantitative estimate of drug-likeness (QED) is 0.535. The minimum Gasteiger partial charge on any atom is -0.460 e. The van der Waals surface area contributed by atoms with Gasteiger partial charge in [-0.2, -0.15) is 0 Å². The molecule has 98 valence electrons. The fourth-order valence-corrected chi connectivity index (χ4v) is 0.463. The summed E-state index contributed by atoms with van der Waals surface area (Å²) in [6, 6.07) is 0. The van der Waals surface area contributed by atoms with E-state index in [9.17, 15) is 4.79 Å². The summed E-state index contributed by atoms with van der Waals surface area (Å²) < 4.78 is 6.66. The number of esters is 1. The second-order valence-electron chi connectivity index (χ2n) is 5.96. The van der Waals surface area contributed by atoms with Crippen LogP contribution in [0, 0.1) is 0 Å². The van der Waals surface area contributed by atoms with Crippen LogP contribution in [-0.4, -0.2) is 76.9 Å². The minimum atomic E-state index is -0.201. The van der Waals surface area contributed by atoms with Crippen LogP contribution in [0.5, 0.6) is 0 Å². The Morgan fingerprint density at radius 1 is 1.00 bits per heavy atom. The van der Waals surface area contributed by atoms with Gasteiger partial charge in [0.2, 0.25) is 0 Å². The molecule has 4 heteroatoms. The molecule has 16 heavy (non-hydrogen) atoms. The zero-order valence-electron chi connectivity index (χ0n) is 12.3. The highest BCUT2D eigenvalue weighted by molar-refractivity contribution is 5.65. The lowest BCUT2D eigenvalue weighted by atomic mass is 10.5. The van der Waals surface area contributed by atoms with Crippen LogP contribution in [0.25, 0.3) is 0 Å². The number of quaternary nitrogens is 2. The van der Waals surface area contributed by atoms with Crippen LogP contribution in [0.15, 0.2) is 0 Å². The number of carbonyl (C=O) groups excluding carboxylic acids is 1. The van der Waals surface area contributed by atoms with E-state index in [1.807, 2.05) is 0 Å². The molecule has 0 aromatic carbocycles. The smallest absolute Gasteiger partial charge is 0.302 e. The van der Waals surface area contributed by atoms with Gasteiger partial charge >= 0.3 is 5.97 Å². The number of hydrogen-bond acceptors (Lipinski definition) is 2. The summed E-state index contributed by atoms with van der Waals surface area (Å²) in [5.41, 5.74) is 0. The van der Waals surface area contributed by atoms with Crippen molar-refractivity contribution in [2.75, 3.05) is 62.0 Å². The predicted octanol–water partition coefficient (Wildman–Crippen LogP) is 0.968. The van der Waals surface area contributed by atoms with E-state index in [1.54, 1.807) is 0 Å². The summed E-state index contributed by atoms with van der Waals surface area (Å²) in [6.07, 6.45) is 0. The van der Waals surface area contributed by atoms with Gasteiger partial charge in [0.1, 0.15) is 13.2 Å².